The van der Waals surface area contributed by atoms with Crippen molar-refractivity contribution < 1.29 is 0 Å². The second kappa shape index (κ2) is 6.12. The van der Waals surface area contributed by atoms with Crippen molar-refractivity contribution in [2.45, 2.75) is 32.2 Å². The summed E-state index contributed by atoms with van der Waals surface area (Å²) in [5.74, 6) is 0.911. The van der Waals surface area contributed by atoms with Gasteiger partial charge in [-0.15, -0.1) is 0 Å². The summed E-state index contributed by atoms with van der Waals surface area (Å²) in [7, 11) is 2.05. The van der Waals surface area contributed by atoms with Crippen molar-refractivity contribution in [3.8, 4) is 0 Å². The third-order valence-electron chi connectivity index (χ3n) is 3.91. The van der Waals surface area contributed by atoms with Crippen molar-refractivity contribution in [1.29, 1.82) is 0 Å². The molecule has 110 valence electrons. The number of aromatic nitrogens is 1. The molecule has 3 nitrogen and oxygen atoms in total. The standard InChI is InChI=1S/C16H19N3S2/c1-19(9-11-6-7-21-10-11)16-13(15(17)20)8-12-4-2-3-5-14(12)18-16/h6-8,10H,2-5,9H2,1H3,(H2,17,20). The summed E-state index contributed by atoms with van der Waals surface area (Å²) in [5.41, 5.74) is 10.7. The number of rotatable bonds is 4. The molecule has 0 fully saturated rings. The maximum Gasteiger partial charge on any atom is 0.139 e. The Hall–Kier alpha value is -1.46. The van der Waals surface area contributed by atoms with Crippen LogP contribution in [0.2, 0.25) is 0 Å². The minimum absolute atomic E-state index is 0.433. The summed E-state index contributed by atoms with van der Waals surface area (Å²) < 4.78 is 0. The van der Waals surface area contributed by atoms with E-state index in [0.717, 1.165) is 30.8 Å². The zero-order valence-electron chi connectivity index (χ0n) is 12.1. The summed E-state index contributed by atoms with van der Waals surface area (Å²) in [6.07, 6.45) is 4.61. The van der Waals surface area contributed by atoms with E-state index in [9.17, 15) is 0 Å². The molecule has 0 radical (unpaired) electrons. The number of anilines is 1. The Morgan fingerprint density at radius 2 is 2.24 bits per heavy atom. The SMILES string of the molecule is CN(Cc1ccsc1)c1nc2c(cc1C(N)=S)CCCC2. The van der Waals surface area contributed by atoms with Gasteiger partial charge in [-0.05, 0) is 59.7 Å². The van der Waals surface area contributed by atoms with Crippen LogP contribution in [0.4, 0.5) is 5.82 Å². The lowest BCUT2D eigenvalue weighted by molar-refractivity contribution is 0.665. The molecular weight excluding hydrogens is 298 g/mol. The van der Waals surface area contributed by atoms with E-state index in [0.29, 0.717) is 4.99 Å². The number of nitrogens with two attached hydrogens (primary N) is 1. The fraction of sp³-hybridized carbons (Fsp3) is 0.375. The van der Waals surface area contributed by atoms with Crippen LogP contribution >= 0.6 is 23.6 Å². The van der Waals surface area contributed by atoms with Crippen molar-refractivity contribution in [2.75, 3.05) is 11.9 Å². The fourth-order valence-corrected chi connectivity index (χ4v) is 3.64. The maximum absolute atomic E-state index is 5.93. The van der Waals surface area contributed by atoms with Gasteiger partial charge in [0, 0.05) is 19.3 Å². The third-order valence-corrected chi connectivity index (χ3v) is 4.86. The lowest BCUT2D eigenvalue weighted by atomic mass is 9.94. The van der Waals surface area contributed by atoms with Gasteiger partial charge in [0.25, 0.3) is 0 Å². The second-order valence-corrected chi connectivity index (χ2v) is 6.74. The van der Waals surface area contributed by atoms with Gasteiger partial charge in [-0.3, -0.25) is 0 Å². The molecule has 2 heterocycles. The van der Waals surface area contributed by atoms with E-state index >= 15 is 0 Å². The number of pyridine rings is 1. The molecule has 0 bridgehead atoms. The van der Waals surface area contributed by atoms with Crippen molar-refractivity contribution in [1.82, 2.24) is 4.98 Å². The third kappa shape index (κ3) is 3.09. The van der Waals surface area contributed by atoms with E-state index in [1.165, 1.54) is 29.7 Å². The molecule has 5 heteroatoms. The lowest BCUT2D eigenvalue weighted by Gasteiger charge is -2.24. The molecule has 1 aliphatic rings. The van der Waals surface area contributed by atoms with Gasteiger partial charge in [-0.2, -0.15) is 11.3 Å². The molecule has 3 rings (SSSR count). The summed E-state index contributed by atoms with van der Waals surface area (Å²) in [5, 5.41) is 4.26. The fourth-order valence-electron chi connectivity index (χ4n) is 2.83. The molecule has 0 amide bonds. The summed E-state index contributed by atoms with van der Waals surface area (Å²) in [4.78, 5) is 7.45. The van der Waals surface area contributed by atoms with Crippen molar-refractivity contribution in [2.24, 2.45) is 5.73 Å². The van der Waals surface area contributed by atoms with E-state index in [2.05, 4.69) is 34.8 Å². The highest BCUT2D eigenvalue weighted by atomic mass is 32.1. The van der Waals surface area contributed by atoms with Crippen LogP contribution in [0.1, 0.15) is 35.2 Å². The van der Waals surface area contributed by atoms with Gasteiger partial charge in [-0.25, -0.2) is 4.98 Å². The Balaban J connectivity index is 1.97. The normalized spacial score (nSPS) is 13.8. The highest BCUT2D eigenvalue weighted by Gasteiger charge is 2.18. The van der Waals surface area contributed by atoms with Crippen LogP contribution in [0.25, 0.3) is 0 Å². The van der Waals surface area contributed by atoms with Crippen LogP contribution in [0.15, 0.2) is 22.9 Å². The summed E-state index contributed by atoms with van der Waals surface area (Å²) >= 11 is 6.95. The smallest absolute Gasteiger partial charge is 0.139 e. The Morgan fingerprint density at radius 3 is 2.95 bits per heavy atom. The predicted octanol–water partition coefficient (Wildman–Crippen LogP) is 3.29. The molecule has 0 spiro atoms. The molecule has 2 aromatic heterocycles. The molecule has 0 atom stereocenters. The molecule has 0 aliphatic heterocycles. The Bertz CT molecular complexity index is 650. The molecule has 2 N–H and O–H groups in total. The van der Waals surface area contributed by atoms with Gasteiger partial charge in [0.1, 0.15) is 10.8 Å². The Morgan fingerprint density at radius 1 is 1.43 bits per heavy atom. The quantitative estimate of drug-likeness (QED) is 0.879. The van der Waals surface area contributed by atoms with Gasteiger partial charge in [-0.1, -0.05) is 12.2 Å². The number of hydrogen-bond acceptors (Lipinski definition) is 4. The first-order chi connectivity index (χ1) is 10.1. The Kier molecular flexibility index (Phi) is 4.22. The number of hydrogen-bond donors (Lipinski definition) is 1. The molecule has 2 aromatic rings. The topological polar surface area (TPSA) is 42.2 Å². The molecule has 0 saturated carbocycles. The minimum Gasteiger partial charge on any atom is -0.389 e. The van der Waals surface area contributed by atoms with Gasteiger partial charge in [0.15, 0.2) is 0 Å². The zero-order valence-corrected chi connectivity index (χ0v) is 13.8. The van der Waals surface area contributed by atoms with Crippen molar-refractivity contribution in [3.63, 3.8) is 0 Å². The molecule has 0 aromatic carbocycles. The molecule has 1 aliphatic carbocycles. The van der Waals surface area contributed by atoms with E-state index in [1.807, 2.05) is 0 Å². The number of nitrogens with zero attached hydrogens (tertiary/aromatic N) is 2. The first kappa shape index (κ1) is 14.5. The number of fused-ring (bicyclic) bond motifs is 1. The molecular formula is C16H19N3S2. The van der Waals surface area contributed by atoms with Gasteiger partial charge in [0.2, 0.25) is 0 Å². The van der Waals surface area contributed by atoms with Gasteiger partial charge >= 0.3 is 0 Å². The van der Waals surface area contributed by atoms with Gasteiger partial charge in [0.05, 0.1) is 5.56 Å². The largest absolute Gasteiger partial charge is 0.389 e. The second-order valence-electron chi connectivity index (χ2n) is 5.52. The highest BCUT2D eigenvalue weighted by molar-refractivity contribution is 7.80. The summed E-state index contributed by atoms with van der Waals surface area (Å²) in [6.45, 7) is 0.824. The van der Waals surface area contributed by atoms with E-state index in [-0.39, 0.29) is 0 Å². The molecule has 0 unspecified atom stereocenters. The van der Waals surface area contributed by atoms with Crippen molar-refractivity contribution >= 4 is 34.4 Å². The maximum atomic E-state index is 5.93. The Labute approximate surface area is 134 Å². The average Bonchev–Trinajstić information content (AvgIpc) is 2.98. The van der Waals surface area contributed by atoms with Crippen LogP contribution in [0.3, 0.4) is 0 Å². The molecule has 0 saturated heterocycles. The summed E-state index contributed by atoms with van der Waals surface area (Å²) in [6, 6.07) is 4.29. The average molecular weight is 317 g/mol. The number of thiophene rings is 1. The van der Waals surface area contributed by atoms with E-state index in [1.54, 1.807) is 11.3 Å². The van der Waals surface area contributed by atoms with E-state index in [4.69, 9.17) is 22.9 Å². The first-order valence-electron chi connectivity index (χ1n) is 7.20. The molecule has 21 heavy (non-hydrogen) atoms. The lowest BCUT2D eigenvalue weighted by Crippen LogP contribution is -2.24. The number of thiocarbonyl (C=S) groups is 1. The highest BCUT2D eigenvalue weighted by Crippen LogP contribution is 2.27. The zero-order chi connectivity index (χ0) is 14.8. The van der Waals surface area contributed by atoms with Gasteiger partial charge < -0.3 is 10.6 Å². The van der Waals surface area contributed by atoms with Crippen molar-refractivity contribution in [3.05, 3.63) is 45.3 Å². The monoisotopic (exact) mass is 317 g/mol. The van der Waals surface area contributed by atoms with Crippen LogP contribution in [0, 0.1) is 0 Å². The first-order valence-corrected chi connectivity index (χ1v) is 8.55. The van der Waals surface area contributed by atoms with Crippen LogP contribution in [0.5, 0.6) is 0 Å². The van der Waals surface area contributed by atoms with Crippen LogP contribution in [-0.4, -0.2) is 17.0 Å². The van der Waals surface area contributed by atoms with E-state index < -0.39 is 0 Å². The van der Waals surface area contributed by atoms with Crippen LogP contribution < -0.4 is 10.6 Å². The predicted molar refractivity (Wildman–Crippen MR) is 93.2 cm³/mol. The minimum atomic E-state index is 0.433. The van der Waals surface area contributed by atoms with Crippen LogP contribution in [-0.2, 0) is 19.4 Å². The number of aryl methyl sites for hydroxylation is 2.